The number of amides is 2. The third-order valence-electron chi connectivity index (χ3n) is 8.99. The average molecular weight is 669 g/mol. The van der Waals surface area contributed by atoms with Crippen molar-refractivity contribution in [2.45, 2.75) is 25.4 Å². The van der Waals surface area contributed by atoms with E-state index in [0.29, 0.717) is 41.3 Å². The second-order valence-corrected chi connectivity index (χ2v) is 14.1. The second-order valence-electron chi connectivity index (χ2n) is 12.1. The first-order chi connectivity index (χ1) is 23.1. The molecule has 246 valence electrons. The van der Waals surface area contributed by atoms with Crippen LogP contribution >= 0.6 is 0 Å². The van der Waals surface area contributed by atoms with Gasteiger partial charge in [0.2, 0.25) is 10.0 Å². The van der Waals surface area contributed by atoms with Gasteiger partial charge in [-0.25, -0.2) is 22.8 Å². The molecule has 2 fully saturated rings. The molecule has 4 heterocycles. The summed E-state index contributed by atoms with van der Waals surface area (Å²) in [4.78, 5) is 40.0. The van der Waals surface area contributed by atoms with Gasteiger partial charge in [0.25, 0.3) is 11.8 Å². The van der Waals surface area contributed by atoms with Gasteiger partial charge in [0.1, 0.15) is 17.3 Å². The molecule has 7 rings (SSSR count). The maximum atomic E-state index is 14.9. The molecule has 2 aromatic carbocycles. The van der Waals surface area contributed by atoms with Gasteiger partial charge in [-0.15, -0.1) is 0 Å². The Labute approximate surface area is 276 Å². The van der Waals surface area contributed by atoms with E-state index in [-0.39, 0.29) is 30.4 Å². The van der Waals surface area contributed by atoms with Gasteiger partial charge in [0.05, 0.1) is 18.4 Å². The fraction of sp³-hybridized carbons (Fsp3) is 0.257. The van der Waals surface area contributed by atoms with Crippen molar-refractivity contribution in [1.82, 2.24) is 24.2 Å². The number of anilines is 1. The molecule has 0 bridgehead atoms. The first kappa shape index (κ1) is 31.6. The van der Waals surface area contributed by atoms with E-state index in [1.165, 1.54) is 28.9 Å². The minimum absolute atomic E-state index is 0.0979. The lowest BCUT2D eigenvalue weighted by Crippen LogP contribution is -2.50. The third kappa shape index (κ3) is 6.19. The van der Waals surface area contributed by atoms with Crippen LogP contribution in [0.4, 0.5) is 10.2 Å². The molecule has 48 heavy (non-hydrogen) atoms. The van der Waals surface area contributed by atoms with E-state index in [0.717, 1.165) is 40.6 Å². The number of benzene rings is 2. The zero-order valence-corrected chi connectivity index (χ0v) is 26.9. The maximum absolute atomic E-state index is 14.9. The van der Waals surface area contributed by atoms with Crippen LogP contribution in [0.2, 0.25) is 0 Å². The molecule has 13 heteroatoms. The Morgan fingerprint density at radius 2 is 1.67 bits per heavy atom. The van der Waals surface area contributed by atoms with Crippen molar-refractivity contribution in [2.75, 3.05) is 37.8 Å². The molecule has 3 N–H and O–H groups in total. The molecular formula is C35H33FN6O5S. The van der Waals surface area contributed by atoms with E-state index in [1.54, 1.807) is 35.4 Å². The lowest BCUT2D eigenvalue weighted by atomic mass is 9.99. The quantitative estimate of drug-likeness (QED) is 0.216. The van der Waals surface area contributed by atoms with E-state index >= 15 is 0 Å². The summed E-state index contributed by atoms with van der Waals surface area (Å²) in [6.45, 7) is 0.753. The van der Waals surface area contributed by atoms with Gasteiger partial charge in [0.15, 0.2) is 0 Å². The van der Waals surface area contributed by atoms with E-state index in [4.69, 9.17) is 0 Å². The number of carbonyl (C=O) groups excluding carboxylic acids is 2. The van der Waals surface area contributed by atoms with Crippen LogP contribution in [0.15, 0.2) is 73.1 Å². The molecular weight excluding hydrogens is 635 g/mol. The predicted octanol–water partition coefficient (Wildman–Crippen LogP) is 4.77. The van der Waals surface area contributed by atoms with Crippen molar-refractivity contribution >= 4 is 38.7 Å². The van der Waals surface area contributed by atoms with Crippen molar-refractivity contribution in [3.8, 4) is 22.4 Å². The Morgan fingerprint density at radius 1 is 0.958 bits per heavy atom. The Hall–Kier alpha value is -4.98. The molecule has 1 saturated carbocycles. The second kappa shape index (κ2) is 12.6. The molecule has 1 aliphatic heterocycles. The number of nitrogens with one attached hydrogen (secondary N) is 2. The van der Waals surface area contributed by atoms with Crippen LogP contribution in [0.5, 0.6) is 0 Å². The normalized spacial score (nSPS) is 15.5. The third-order valence-corrected chi connectivity index (χ3v) is 10.3. The van der Waals surface area contributed by atoms with Gasteiger partial charge in [-0.05, 0) is 83.5 Å². The average Bonchev–Trinajstić information content (AvgIpc) is 3.85. The van der Waals surface area contributed by atoms with Crippen molar-refractivity contribution in [2.24, 2.45) is 0 Å². The number of hydrogen-bond acceptors (Lipinski definition) is 7. The standard InChI is InChI=1S/C35H33FN6O5S/c1-48(46,47)42-16-14-41(15-17-42)35(45)23-6-4-22(5-7-23)31-19-28-25(10-12-37-32(28)39-31)26-11-13-38-33(29(26)20-43)40-34(44)27-9-8-24(18-30(27)36)21-2-3-21/h4-13,18-19,21,43H,2-3,14-17,20H2,1H3,(H,37,39)(H,38,40,44). The zero-order chi connectivity index (χ0) is 33.6. The zero-order valence-electron chi connectivity index (χ0n) is 26.1. The van der Waals surface area contributed by atoms with Crippen LogP contribution in [-0.4, -0.2) is 81.9 Å². The van der Waals surface area contributed by atoms with Gasteiger partial charge in [-0.1, -0.05) is 18.2 Å². The maximum Gasteiger partial charge on any atom is 0.259 e. The number of piperazine rings is 1. The monoisotopic (exact) mass is 668 g/mol. The van der Waals surface area contributed by atoms with Gasteiger partial charge in [-0.3, -0.25) is 9.59 Å². The molecule has 1 saturated heterocycles. The number of H-pyrrole nitrogens is 1. The molecule has 2 aliphatic rings. The molecule has 1 aliphatic carbocycles. The predicted molar refractivity (Wildman–Crippen MR) is 179 cm³/mol. The van der Waals surface area contributed by atoms with Gasteiger partial charge >= 0.3 is 0 Å². The van der Waals surface area contributed by atoms with Crippen molar-refractivity contribution < 1.29 is 27.5 Å². The lowest BCUT2D eigenvalue weighted by molar-refractivity contribution is 0.0698. The van der Waals surface area contributed by atoms with Crippen LogP contribution in [-0.2, 0) is 16.6 Å². The minimum atomic E-state index is -3.29. The molecule has 0 radical (unpaired) electrons. The fourth-order valence-corrected chi connectivity index (χ4v) is 7.02. The number of aliphatic hydroxyl groups excluding tert-OH is 1. The number of sulfonamides is 1. The number of nitrogens with zero attached hydrogens (tertiary/aromatic N) is 4. The fourth-order valence-electron chi connectivity index (χ4n) is 6.19. The molecule has 5 aromatic rings. The molecule has 0 spiro atoms. The molecule has 2 amide bonds. The van der Waals surface area contributed by atoms with Crippen molar-refractivity contribution in [1.29, 1.82) is 0 Å². The Bertz CT molecular complexity index is 2160. The Morgan fingerprint density at radius 3 is 2.33 bits per heavy atom. The first-order valence-electron chi connectivity index (χ1n) is 15.6. The SMILES string of the molecule is CS(=O)(=O)N1CCN(C(=O)c2ccc(-c3cc4c(-c5ccnc(NC(=O)c6ccc(C7CC7)cc6F)c5CO)ccnc4[nH]3)cc2)CC1. The molecule has 0 atom stereocenters. The summed E-state index contributed by atoms with van der Waals surface area (Å²) in [5.41, 5.74) is 5.19. The van der Waals surface area contributed by atoms with Crippen LogP contribution in [0.3, 0.4) is 0 Å². The number of aromatic amines is 1. The smallest absolute Gasteiger partial charge is 0.259 e. The summed E-state index contributed by atoms with van der Waals surface area (Å²) < 4.78 is 39.9. The first-order valence-corrected chi connectivity index (χ1v) is 17.5. The number of aliphatic hydroxyl groups is 1. The number of carbonyl (C=O) groups is 2. The van der Waals surface area contributed by atoms with E-state index in [2.05, 4.69) is 20.3 Å². The van der Waals surface area contributed by atoms with Crippen LogP contribution in [0.25, 0.3) is 33.4 Å². The Kier molecular flexibility index (Phi) is 8.27. The van der Waals surface area contributed by atoms with E-state index in [1.807, 2.05) is 24.3 Å². The van der Waals surface area contributed by atoms with E-state index in [9.17, 15) is 27.5 Å². The summed E-state index contributed by atoms with van der Waals surface area (Å²) in [5.74, 6) is -0.931. The van der Waals surface area contributed by atoms with Gasteiger partial charge in [-0.2, -0.15) is 4.31 Å². The number of hydrogen-bond donors (Lipinski definition) is 3. The topological polar surface area (TPSA) is 149 Å². The number of rotatable bonds is 8. The summed E-state index contributed by atoms with van der Waals surface area (Å²) in [6, 6.07) is 17.3. The minimum Gasteiger partial charge on any atom is -0.392 e. The van der Waals surface area contributed by atoms with Crippen LogP contribution in [0.1, 0.15) is 50.6 Å². The summed E-state index contributed by atoms with van der Waals surface area (Å²) >= 11 is 0. The molecule has 0 unspecified atom stereocenters. The summed E-state index contributed by atoms with van der Waals surface area (Å²) in [7, 11) is -3.29. The highest BCUT2D eigenvalue weighted by Gasteiger charge is 2.27. The highest BCUT2D eigenvalue weighted by Crippen LogP contribution is 2.40. The molecule has 3 aromatic heterocycles. The van der Waals surface area contributed by atoms with Gasteiger partial charge < -0.3 is 20.3 Å². The lowest BCUT2D eigenvalue weighted by Gasteiger charge is -2.33. The number of pyridine rings is 2. The number of aromatic nitrogens is 3. The Balaban J connectivity index is 1.12. The summed E-state index contributed by atoms with van der Waals surface area (Å²) in [5, 5.41) is 13.9. The summed E-state index contributed by atoms with van der Waals surface area (Å²) in [6.07, 6.45) is 6.38. The number of halogens is 1. The van der Waals surface area contributed by atoms with E-state index < -0.39 is 28.4 Å². The van der Waals surface area contributed by atoms with Crippen LogP contribution in [0, 0.1) is 5.82 Å². The largest absolute Gasteiger partial charge is 0.392 e. The highest BCUT2D eigenvalue weighted by atomic mass is 32.2. The highest BCUT2D eigenvalue weighted by molar-refractivity contribution is 7.88. The number of fused-ring (bicyclic) bond motifs is 1. The van der Waals surface area contributed by atoms with Gasteiger partial charge in [0, 0.05) is 60.8 Å². The van der Waals surface area contributed by atoms with Crippen molar-refractivity contribution in [3.05, 3.63) is 101 Å². The van der Waals surface area contributed by atoms with Crippen LogP contribution < -0.4 is 5.32 Å². The van der Waals surface area contributed by atoms with Crippen molar-refractivity contribution in [3.63, 3.8) is 0 Å². The molecule has 11 nitrogen and oxygen atoms in total.